The second-order valence-corrected chi connectivity index (χ2v) is 9.10. The summed E-state index contributed by atoms with van der Waals surface area (Å²) in [5.41, 5.74) is 7.16. The molecule has 31 heavy (non-hydrogen) atoms. The van der Waals surface area contributed by atoms with Gasteiger partial charge in [-0.05, 0) is 54.7 Å². The van der Waals surface area contributed by atoms with E-state index in [1.165, 1.54) is 13.0 Å². The average molecular weight is 450 g/mol. The fourth-order valence-electron chi connectivity index (χ4n) is 2.78. The van der Waals surface area contributed by atoms with Gasteiger partial charge in [-0.1, -0.05) is 26.0 Å². The average Bonchev–Trinajstić information content (AvgIpc) is 2.68. The lowest BCUT2D eigenvalue weighted by Crippen LogP contribution is -2.27. The first-order valence-electron chi connectivity index (χ1n) is 9.61. The number of phenolic OH excluding ortho intramolecular Hbond substituents is 1. The number of nitrogens with two attached hydrogens (primary N) is 1. The molecular formula is C21H27N3O6S. The number of carboxylic acids is 1. The predicted molar refractivity (Wildman–Crippen MR) is 116 cm³/mol. The van der Waals surface area contributed by atoms with Crippen molar-refractivity contribution in [2.24, 2.45) is 5.73 Å². The van der Waals surface area contributed by atoms with Crippen LogP contribution in [0.1, 0.15) is 43.4 Å². The van der Waals surface area contributed by atoms with Crippen LogP contribution in [0.2, 0.25) is 0 Å². The van der Waals surface area contributed by atoms with E-state index in [-0.39, 0.29) is 35.2 Å². The summed E-state index contributed by atoms with van der Waals surface area (Å²) < 4.78 is 33.2. The van der Waals surface area contributed by atoms with Gasteiger partial charge in [0, 0.05) is 12.1 Å². The molecule has 0 bridgehead atoms. The minimum Gasteiger partial charge on any atom is -0.507 e. The fraction of sp³-hybridized carbons (Fsp3) is 0.333. The van der Waals surface area contributed by atoms with E-state index in [0.29, 0.717) is 11.3 Å². The lowest BCUT2D eigenvalue weighted by atomic mass is 10.00. The Balaban J connectivity index is 2.21. The number of hydrogen-bond acceptors (Lipinski definition) is 6. The normalized spacial score (nSPS) is 12.5. The molecule has 0 radical (unpaired) electrons. The van der Waals surface area contributed by atoms with Crippen LogP contribution in [-0.4, -0.2) is 43.1 Å². The van der Waals surface area contributed by atoms with Crippen LogP contribution < -0.4 is 15.2 Å². The van der Waals surface area contributed by atoms with E-state index in [2.05, 4.69) is 4.72 Å². The molecule has 10 heteroatoms. The summed E-state index contributed by atoms with van der Waals surface area (Å²) in [4.78, 5) is 10.8. The molecule has 2 aromatic carbocycles. The Kier molecular flexibility index (Phi) is 7.64. The summed E-state index contributed by atoms with van der Waals surface area (Å²) in [5.74, 6) is -1.31. The quantitative estimate of drug-likeness (QED) is 0.274. The van der Waals surface area contributed by atoms with Crippen molar-refractivity contribution in [3.63, 3.8) is 0 Å². The van der Waals surface area contributed by atoms with Crippen LogP contribution in [0.15, 0.2) is 41.3 Å². The van der Waals surface area contributed by atoms with E-state index in [1.807, 2.05) is 19.9 Å². The highest BCUT2D eigenvalue weighted by molar-refractivity contribution is 7.89. The van der Waals surface area contributed by atoms with E-state index >= 15 is 0 Å². The predicted octanol–water partition coefficient (Wildman–Crippen LogP) is 2.17. The van der Waals surface area contributed by atoms with E-state index in [4.69, 9.17) is 21.0 Å². The molecule has 168 valence electrons. The highest BCUT2D eigenvalue weighted by Crippen LogP contribution is 2.27. The zero-order valence-electron chi connectivity index (χ0n) is 17.5. The third-order valence-corrected chi connectivity index (χ3v) is 6.15. The maximum atomic E-state index is 12.6. The molecule has 0 aliphatic rings. The molecule has 1 atom stereocenters. The second kappa shape index (κ2) is 9.80. The largest absolute Gasteiger partial charge is 0.507 e. The van der Waals surface area contributed by atoms with Gasteiger partial charge in [0.2, 0.25) is 10.0 Å². The molecular weight excluding hydrogens is 422 g/mol. The SMILES string of the molecule is CC(Oc1cc(C(C)C)ccc1CCNS(=O)(=O)c1cc(C(=N)N)ccc1O)C(=O)O. The molecule has 0 aromatic heterocycles. The maximum Gasteiger partial charge on any atom is 0.344 e. The summed E-state index contributed by atoms with van der Waals surface area (Å²) >= 11 is 0. The molecule has 0 spiro atoms. The zero-order valence-corrected chi connectivity index (χ0v) is 18.4. The summed E-state index contributed by atoms with van der Waals surface area (Å²) in [6, 6.07) is 9.06. The molecule has 6 N–H and O–H groups in total. The van der Waals surface area contributed by atoms with Gasteiger partial charge in [0.15, 0.2) is 6.10 Å². The summed E-state index contributed by atoms with van der Waals surface area (Å²) in [6.07, 6.45) is -0.837. The van der Waals surface area contributed by atoms with Gasteiger partial charge < -0.3 is 20.7 Å². The number of hydrogen-bond donors (Lipinski definition) is 5. The Morgan fingerprint density at radius 2 is 1.87 bits per heavy atom. The van der Waals surface area contributed by atoms with Crippen LogP contribution >= 0.6 is 0 Å². The Labute approximate surface area is 181 Å². The first-order valence-corrected chi connectivity index (χ1v) is 11.1. The van der Waals surface area contributed by atoms with Gasteiger partial charge in [0.05, 0.1) is 0 Å². The molecule has 1 unspecified atom stereocenters. The molecule has 9 nitrogen and oxygen atoms in total. The molecule has 2 aromatic rings. The van der Waals surface area contributed by atoms with Crippen LogP contribution in [0.25, 0.3) is 0 Å². The Hall–Kier alpha value is -3.11. The summed E-state index contributed by atoms with van der Waals surface area (Å²) in [5, 5.41) is 26.5. The number of aromatic hydroxyl groups is 1. The number of sulfonamides is 1. The van der Waals surface area contributed by atoms with Gasteiger partial charge >= 0.3 is 5.97 Å². The number of phenols is 1. The van der Waals surface area contributed by atoms with Gasteiger partial charge in [0.25, 0.3) is 0 Å². The van der Waals surface area contributed by atoms with Crippen molar-refractivity contribution in [1.82, 2.24) is 4.72 Å². The second-order valence-electron chi connectivity index (χ2n) is 7.36. The highest BCUT2D eigenvalue weighted by atomic mass is 32.2. The first kappa shape index (κ1) is 24.2. The lowest BCUT2D eigenvalue weighted by molar-refractivity contribution is -0.144. The number of aliphatic carboxylic acids is 1. The number of carboxylic acid groups (broad SMARTS) is 1. The van der Waals surface area contributed by atoms with Crippen molar-refractivity contribution >= 4 is 21.8 Å². The standard InChI is InChI=1S/C21H27N3O6S/c1-12(2)15-5-4-14(18(10-15)30-13(3)21(26)27)8-9-24-31(28,29)19-11-16(20(22)23)6-7-17(19)25/h4-7,10-13,24-25H,8-9H2,1-3H3,(H3,22,23)(H,26,27). The van der Waals surface area contributed by atoms with Crippen LogP contribution in [0.4, 0.5) is 0 Å². The summed E-state index contributed by atoms with van der Waals surface area (Å²) in [6.45, 7) is 5.39. The highest BCUT2D eigenvalue weighted by Gasteiger charge is 2.21. The zero-order chi connectivity index (χ0) is 23.3. The molecule has 0 heterocycles. The van der Waals surface area contributed by atoms with Crippen LogP contribution in [0, 0.1) is 5.41 Å². The summed E-state index contributed by atoms with van der Waals surface area (Å²) in [7, 11) is -4.08. The molecule has 0 saturated carbocycles. The topological polar surface area (TPSA) is 163 Å². The van der Waals surface area contributed by atoms with Crippen molar-refractivity contribution in [3.8, 4) is 11.5 Å². The van der Waals surface area contributed by atoms with E-state index < -0.39 is 27.8 Å². The Morgan fingerprint density at radius 3 is 2.45 bits per heavy atom. The number of carbonyl (C=O) groups is 1. The Morgan fingerprint density at radius 1 is 1.19 bits per heavy atom. The van der Waals surface area contributed by atoms with Crippen LogP contribution in [0.5, 0.6) is 11.5 Å². The van der Waals surface area contributed by atoms with Crippen molar-refractivity contribution in [1.29, 1.82) is 5.41 Å². The number of nitrogens with one attached hydrogen (secondary N) is 2. The van der Waals surface area contributed by atoms with Gasteiger partial charge in [-0.2, -0.15) is 0 Å². The number of amidine groups is 1. The molecule has 0 saturated heterocycles. The fourth-order valence-corrected chi connectivity index (χ4v) is 3.93. The maximum absolute atomic E-state index is 12.6. The van der Waals surface area contributed by atoms with Crippen LogP contribution in [0.3, 0.4) is 0 Å². The Bertz CT molecular complexity index is 1080. The van der Waals surface area contributed by atoms with Crippen molar-refractivity contribution in [2.75, 3.05) is 6.54 Å². The number of benzene rings is 2. The molecule has 0 amide bonds. The monoisotopic (exact) mass is 449 g/mol. The van der Waals surface area contributed by atoms with Gasteiger partial charge in [0.1, 0.15) is 22.2 Å². The van der Waals surface area contributed by atoms with Gasteiger partial charge in [-0.3, -0.25) is 5.41 Å². The minimum absolute atomic E-state index is 0.0229. The van der Waals surface area contributed by atoms with Crippen molar-refractivity contribution in [2.45, 2.75) is 44.1 Å². The molecule has 0 aliphatic carbocycles. The van der Waals surface area contributed by atoms with Crippen molar-refractivity contribution in [3.05, 3.63) is 53.1 Å². The first-order chi connectivity index (χ1) is 14.4. The smallest absolute Gasteiger partial charge is 0.344 e. The number of nitrogen functional groups attached to an aromatic ring is 1. The van der Waals surface area contributed by atoms with E-state index in [9.17, 15) is 18.3 Å². The molecule has 0 aliphatic heterocycles. The van der Waals surface area contributed by atoms with E-state index in [0.717, 1.165) is 17.7 Å². The van der Waals surface area contributed by atoms with Crippen LogP contribution in [-0.2, 0) is 21.2 Å². The molecule has 0 fully saturated rings. The van der Waals surface area contributed by atoms with Gasteiger partial charge in [-0.15, -0.1) is 0 Å². The third-order valence-electron chi connectivity index (χ3n) is 4.66. The lowest BCUT2D eigenvalue weighted by Gasteiger charge is -2.17. The molecule has 2 rings (SSSR count). The minimum atomic E-state index is -4.08. The number of rotatable bonds is 10. The van der Waals surface area contributed by atoms with Gasteiger partial charge in [-0.25, -0.2) is 17.9 Å². The third kappa shape index (κ3) is 6.19. The number of ether oxygens (including phenoxy) is 1. The van der Waals surface area contributed by atoms with E-state index in [1.54, 1.807) is 12.1 Å². The van der Waals surface area contributed by atoms with Crippen molar-refractivity contribution < 1.29 is 28.2 Å².